The lowest BCUT2D eigenvalue weighted by atomic mass is 9.83. The number of carbonyl (C=O) groups is 2. The molecule has 0 unspecified atom stereocenters. The second-order valence-corrected chi connectivity index (χ2v) is 8.24. The molecule has 0 aromatic heterocycles. The van der Waals surface area contributed by atoms with E-state index in [1.807, 2.05) is 4.90 Å². The first-order valence-corrected chi connectivity index (χ1v) is 9.79. The lowest BCUT2D eigenvalue weighted by molar-refractivity contribution is -0.139. The number of likely N-dealkylation sites (tertiary alicyclic amines) is 1. The maximum atomic E-state index is 13.2. The molecule has 0 bridgehead atoms. The summed E-state index contributed by atoms with van der Waals surface area (Å²) in [5, 5.41) is 0. The number of carbonyl (C=O) groups excluding carboxylic acids is 2. The molecule has 1 atom stereocenters. The van der Waals surface area contributed by atoms with Crippen molar-refractivity contribution >= 4 is 11.8 Å². The minimum Gasteiger partial charge on any atom is -0.339 e. The fourth-order valence-corrected chi connectivity index (χ4v) is 4.69. The van der Waals surface area contributed by atoms with Crippen LogP contribution in [-0.4, -0.2) is 46.3 Å². The quantitative estimate of drug-likeness (QED) is 0.782. The summed E-state index contributed by atoms with van der Waals surface area (Å²) < 4.78 is 0. The first-order valence-electron chi connectivity index (χ1n) is 9.79. The van der Waals surface area contributed by atoms with Gasteiger partial charge in [0.25, 0.3) is 0 Å². The summed E-state index contributed by atoms with van der Waals surface area (Å²) >= 11 is 0. The summed E-state index contributed by atoms with van der Waals surface area (Å²) in [4.78, 5) is 29.6. The predicted molar refractivity (Wildman–Crippen MR) is 88.7 cm³/mol. The van der Waals surface area contributed by atoms with Gasteiger partial charge in [-0.3, -0.25) is 9.59 Å². The number of hydrogen-bond acceptors (Lipinski definition) is 2. The van der Waals surface area contributed by atoms with Crippen molar-refractivity contribution in [1.29, 1.82) is 0 Å². The first kappa shape index (κ1) is 15.5. The van der Waals surface area contributed by atoms with Crippen molar-refractivity contribution < 1.29 is 9.59 Å². The summed E-state index contributed by atoms with van der Waals surface area (Å²) in [6.45, 7) is 2.97. The molecular weight excluding hydrogens is 288 g/mol. The molecule has 4 heteroatoms. The van der Waals surface area contributed by atoms with Gasteiger partial charge in [0.15, 0.2) is 0 Å². The number of hydrogen-bond donors (Lipinski definition) is 0. The van der Waals surface area contributed by atoms with Crippen molar-refractivity contribution in [3.8, 4) is 0 Å². The Kier molecular flexibility index (Phi) is 4.10. The minimum atomic E-state index is -0.0624. The van der Waals surface area contributed by atoms with Crippen LogP contribution in [0.3, 0.4) is 0 Å². The van der Waals surface area contributed by atoms with Crippen LogP contribution >= 0.6 is 0 Å². The van der Waals surface area contributed by atoms with Gasteiger partial charge in [0.05, 0.1) is 5.92 Å². The molecule has 3 aliphatic carbocycles. The zero-order valence-corrected chi connectivity index (χ0v) is 14.4. The number of rotatable bonds is 5. The molecule has 0 aromatic carbocycles. The monoisotopic (exact) mass is 318 g/mol. The largest absolute Gasteiger partial charge is 0.339 e. The van der Waals surface area contributed by atoms with Crippen molar-refractivity contribution in [3.05, 3.63) is 0 Å². The van der Waals surface area contributed by atoms with Crippen LogP contribution in [0.25, 0.3) is 0 Å². The van der Waals surface area contributed by atoms with Gasteiger partial charge >= 0.3 is 0 Å². The highest BCUT2D eigenvalue weighted by Crippen LogP contribution is 2.39. The molecule has 0 N–H and O–H groups in total. The molecule has 4 rings (SSSR count). The van der Waals surface area contributed by atoms with E-state index < -0.39 is 0 Å². The van der Waals surface area contributed by atoms with Gasteiger partial charge in [-0.25, -0.2) is 0 Å². The van der Waals surface area contributed by atoms with Crippen molar-refractivity contribution in [2.24, 2.45) is 11.8 Å². The van der Waals surface area contributed by atoms with E-state index in [-0.39, 0.29) is 11.8 Å². The third-order valence-electron chi connectivity index (χ3n) is 6.48. The Balaban J connectivity index is 1.41. The second-order valence-electron chi connectivity index (χ2n) is 8.24. The van der Waals surface area contributed by atoms with Crippen LogP contribution in [0.15, 0.2) is 0 Å². The Labute approximate surface area is 139 Å². The summed E-state index contributed by atoms with van der Waals surface area (Å²) in [7, 11) is 0. The molecule has 4 nitrogen and oxygen atoms in total. The fourth-order valence-electron chi connectivity index (χ4n) is 4.69. The molecule has 2 amide bonds. The zero-order valence-electron chi connectivity index (χ0n) is 14.4. The van der Waals surface area contributed by atoms with Gasteiger partial charge in [-0.2, -0.15) is 0 Å². The third kappa shape index (κ3) is 3.14. The van der Waals surface area contributed by atoms with E-state index in [0.29, 0.717) is 37.0 Å². The standard InChI is InChI=1S/C19H30N2O2/c1-2-13-3-5-16(6-4-13)21(17-9-10-17)19(23)14-11-18(22)20(12-14)15-7-8-15/h13-17H,2-12H2,1H3/t13?,14-,16?/m1/s1. The molecular formula is C19H30N2O2. The number of nitrogens with zero attached hydrogens (tertiary/aromatic N) is 2. The van der Waals surface area contributed by atoms with Crippen molar-refractivity contribution in [2.45, 2.75) is 89.3 Å². The Morgan fingerprint density at radius 2 is 1.65 bits per heavy atom. The van der Waals surface area contributed by atoms with Crippen LogP contribution < -0.4 is 0 Å². The van der Waals surface area contributed by atoms with Crippen molar-refractivity contribution in [1.82, 2.24) is 9.80 Å². The lowest BCUT2D eigenvalue weighted by Crippen LogP contribution is -2.47. The van der Waals surface area contributed by atoms with Crippen molar-refractivity contribution in [2.75, 3.05) is 6.54 Å². The van der Waals surface area contributed by atoms with Crippen LogP contribution in [0, 0.1) is 11.8 Å². The molecule has 128 valence electrons. The predicted octanol–water partition coefficient (Wildman–Crippen LogP) is 2.96. The van der Waals surface area contributed by atoms with Crippen LogP contribution in [0.2, 0.25) is 0 Å². The van der Waals surface area contributed by atoms with Crippen LogP contribution in [0.5, 0.6) is 0 Å². The topological polar surface area (TPSA) is 40.6 Å². The zero-order chi connectivity index (χ0) is 16.0. The number of amides is 2. The molecule has 1 heterocycles. The average molecular weight is 318 g/mol. The molecule has 0 aromatic rings. The normalized spacial score (nSPS) is 34.7. The van der Waals surface area contributed by atoms with Crippen molar-refractivity contribution in [3.63, 3.8) is 0 Å². The summed E-state index contributed by atoms with van der Waals surface area (Å²) in [5.74, 6) is 1.31. The molecule has 0 radical (unpaired) electrons. The summed E-state index contributed by atoms with van der Waals surface area (Å²) in [6.07, 6.45) is 11.3. The highest BCUT2D eigenvalue weighted by atomic mass is 16.2. The third-order valence-corrected chi connectivity index (χ3v) is 6.48. The van der Waals surface area contributed by atoms with Gasteiger partial charge in [0.2, 0.25) is 11.8 Å². The molecule has 1 saturated heterocycles. The summed E-state index contributed by atoms with van der Waals surface area (Å²) in [5.41, 5.74) is 0. The smallest absolute Gasteiger partial charge is 0.228 e. The molecule has 3 saturated carbocycles. The highest BCUT2D eigenvalue weighted by Gasteiger charge is 2.46. The highest BCUT2D eigenvalue weighted by molar-refractivity contribution is 5.90. The van der Waals surface area contributed by atoms with E-state index >= 15 is 0 Å². The Morgan fingerprint density at radius 1 is 1.04 bits per heavy atom. The van der Waals surface area contributed by atoms with E-state index in [1.54, 1.807) is 0 Å². The molecule has 4 aliphatic rings. The van der Waals surface area contributed by atoms with Gasteiger partial charge in [-0.05, 0) is 57.3 Å². The Bertz CT molecular complexity index is 476. The fraction of sp³-hybridized carbons (Fsp3) is 0.895. The summed E-state index contributed by atoms with van der Waals surface area (Å²) in [6, 6.07) is 1.38. The Morgan fingerprint density at radius 3 is 2.17 bits per heavy atom. The van der Waals surface area contributed by atoms with E-state index in [2.05, 4.69) is 11.8 Å². The Hall–Kier alpha value is -1.06. The van der Waals surface area contributed by atoms with Gasteiger partial charge < -0.3 is 9.80 Å². The average Bonchev–Trinajstić information content (AvgIpc) is 3.48. The van der Waals surface area contributed by atoms with Gasteiger partial charge in [0.1, 0.15) is 0 Å². The van der Waals surface area contributed by atoms with E-state index in [9.17, 15) is 9.59 Å². The molecule has 23 heavy (non-hydrogen) atoms. The van der Waals surface area contributed by atoms with E-state index in [0.717, 1.165) is 18.8 Å². The molecule has 0 spiro atoms. The maximum Gasteiger partial charge on any atom is 0.228 e. The van der Waals surface area contributed by atoms with E-state index in [4.69, 9.17) is 0 Å². The minimum absolute atomic E-state index is 0.0624. The molecule has 4 fully saturated rings. The first-order chi connectivity index (χ1) is 11.2. The van der Waals surface area contributed by atoms with Crippen LogP contribution in [0.4, 0.5) is 0 Å². The van der Waals surface area contributed by atoms with E-state index in [1.165, 1.54) is 44.9 Å². The maximum absolute atomic E-state index is 13.2. The molecule has 1 aliphatic heterocycles. The lowest BCUT2D eigenvalue weighted by Gasteiger charge is -2.38. The SMILES string of the molecule is CCC1CCC(N(C(=O)[C@@H]2CC(=O)N(C3CC3)C2)C2CC2)CC1. The van der Waals surface area contributed by atoms with Gasteiger partial charge in [-0.15, -0.1) is 0 Å². The van der Waals surface area contributed by atoms with Gasteiger partial charge in [-0.1, -0.05) is 13.3 Å². The van der Waals surface area contributed by atoms with Crippen LogP contribution in [-0.2, 0) is 9.59 Å². The second kappa shape index (κ2) is 6.10. The van der Waals surface area contributed by atoms with Gasteiger partial charge in [0, 0.05) is 31.1 Å². The van der Waals surface area contributed by atoms with Crippen LogP contribution in [0.1, 0.15) is 71.1 Å².